The molecule has 0 aromatic carbocycles. The first-order valence-corrected chi connectivity index (χ1v) is 36.4. The topological polar surface area (TPSA) is 78.9 Å². The highest BCUT2D eigenvalue weighted by Crippen LogP contribution is 2.18. The van der Waals surface area contributed by atoms with Crippen LogP contribution in [0.1, 0.15) is 380 Å². The highest BCUT2D eigenvalue weighted by Gasteiger charge is 2.19. The second kappa shape index (κ2) is 71.3. The van der Waals surface area contributed by atoms with Gasteiger partial charge in [-0.2, -0.15) is 0 Å². The Balaban J connectivity index is 4.35. The fourth-order valence-corrected chi connectivity index (χ4v) is 10.8. The smallest absolute Gasteiger partial charge is 0.306 e. The van der Waals surface area contributed by atoms with Gasteiger partial charge in [-0.15, -0.1) is 0 Å². The number of hydrogen-bond donors (Lipinski definition) is 0. The Morgan fingerprint density at radius 1 is 0.253 bits per heavy atom. The van der Waals surface area contributed by atoms with Crippen molar-refractivity contribution in [3.63, 3.8) is 0 Å². The molecule has 0 aromatic rings. The number of carbonyl (C=O) groups is 3. The number of esters is 3. The normalized spacial score (nSPS) is 12.5. The van der Waals surface area contributed by atoms with Crippen molar-refractivity contribution < 1.29 is 28.6 Å². The molecule has 0 saturated carbocycles. The third kappa shape index (κ3) is 69.5. The standard InChI is InChI=1S/C77H138O6/c1-4-7-10-13-16-19-22-25-28-31-34-37-38-41-43-46-49-52-55-58-61-64-67-70-76(79)82-73-74(83-77(80)71-68-65-62-59-56-53-50-47-44-40-36-33-30-27-24-21-18-15-12-9-6-3)72-81-75(78)69-66-63-60-57-54-51-48-45-42-39-35-32-29-26-23-20-17-14-11-8-5-2/h9,12,18,21-22,25,27,30-31,34,36,40,74H,4-8,10-11,13-17,19-20,23-24,26,28-29,32-33,35,37-39,41-73H2,1-3H3/b12-9-,21-18-,25-22-,30-27-,34-31-,40-36-. The van der Waals surface area contributed by atoms with Crippen LogP contribution < -0.4 is 0 Å². The van der Waals surface area contributed by atoms with E-state index in [4.69, 9.17) is 14.2 Å². The highest BCUT2D eigenvalue weighted by atomic mass is 16.6. The van der Waals surface area contributed by atoms with E-state index < -0.39 is 6.10 Å². The van der Waals surface area contributed by atoms with Crippen molar-refractivity contribution in [3.05, 3.63) is 72.9 Å². The lowest BCUT2D eigenvalue weighted by Gasteiger charge is -2.18. The lowest BCUT2D eigenvalue weighted by molar-refractivity contribution is -0.167. The Morgan fingerprint density at radius 3 is 0.735 bits per heavy atom. The Morgan fingerprint density at radius 2 is 0.470 bits per heavy atom. The van der Waals surface area contributed by atoms with Gasteiger partial charge in [-0.25, -0.2) is 0 Å². The molecular weight excluding hydrogens is 1020 g/mol. The molecule has 83 heavy (non-hydrogen) atoms. The third-order valence-corrected chi connectivity index (χ3v) is 16.2. The number of carbonyl (C=O) groups excluding carboxylic acids is 3. The van der Waals surface area contributed by atoms with Gasteiger partial charge in [0, 0.05) is 19.3 Å². The molecule has 0 rings (SSSR count). The number of allylic oxidation sites excluding steroid dienone is 12. The van der Waals surface area contributed by atoms with E-state index in [1.54, 1.807) is 0 Å². The third-order valence-electron chi connectivity index (χ3n) is 16.2. The predicted molar refractivity (Wildman–Crippen MR) is 362 cm³/mol. The van der Waals surface area contributed by atoms with E-state index >= 15 is 0 Å². The van der Waals surface area contributed by atoms with Crippen molar-refractivity contribution in [2.45, 2.75) is 386 Å². The van der Waals surface area contributed by atoms with Gasteiger partial charge in [0.25, 0.3) is 0 Å². The fourth-order valence-electron chi connectivity index (χ4n) is 10.8. The van der Waals surface area contributed by atoms with Gasteiger partial charge in [0.1, 0.15) is 13.2 Å². The quantitative estimate of drug-likeness (QED) is 0.0261. The number of ether oxygens (including phenoxy) is 3. The largest absolute Gasteiger partial charge is 0.462 e. The van der Waals surface area contributed by atoms with Crippen molar-refractivity contribution in [1.82, 2.24) is 0 Å². The molecular formula is C77H138O6. The monoisotopic (exact) mass is 1160 g/mol. The molecule has 0 aromatic heterocycles. The van der Waals surface area contributed by atoms with Crippen molar-refractivity contribution >= 4 is 17.9 Å². The van der Waals surface area contributed by atoms with Gasteiger partial charge in [-0.3, -0.25) is 14.4 Å². The van der Waals surface area contributed by atoms with Crippen LogP contribution in [0.15, 0.2) is 72.9 Å². The molecule has 0 fully saturated rings. The first kappa shape index (κ1) is 79.8. The van der Waals surface area contributed by atoms with Crippen LogP contribution in [-0.4, -0.2) is 37.2 Å². The van der Waals surface area contributed by atoms with Crippen molar-refractivity contribution in [2.75, 3.05) is 13.2 Å². The van der Waals surface area contributed by atoms with Gasteiger partial charge in [0.05, 0.1) is 0 Å². The number of rotatable bonds is 67. The first-order valence-electron chi connectivity index (χ1n) is 36.4. The summed E-state index contributed by atoms with van der Waals surface area (Å²) < 4.78 is 17.0. The van der Waals surface area contributed by atoms with Gasteiger partial charge in [-0.1, -0.05) is 344 Å². The van der Waals surface area contributed by atoms with E-state index in [1.165, 1.54) is 244 Å². The van der Waals surface area contributed by atoms with Crippen LogP contribution in [0.4, 0.5) is 0 Å². The van der Waals surface area contributed by atoms with Crippen LogP contribution in [0.5, 0.6) is 0 Å². The Hall–Kier alpha value is -3.15. The summed E-state index contributed by atoms with van der Waals surface area (Å²) >= 11 is 0. The summed E-state index contributed by atoms with van der Waals surface area (Å²) in [5.41, 5.74) is 0. The molecule has 0 aliphatic carbocycles. The summed E-state index contributed by atoms with van der Waals surface area (Å²) in [4.78, 5) is 38.5. The molecule has 0 amide bonds. The molecule has 0 bridgehead atoms. The summed E-state index contributed by atoms with van der Waals surface area (Å²) in [5.74, 6) is -0.860. The van der Waals surface area contributed by atoms with E-state index in [9.17, 15) is 14.4 Å². The van der Waals surface area contributed by atoms with E-state index in [0.717, 1.165) is 96.3 Å². The second-order valence-corrected chi connectivity index (χ2v) is 24.5. The van der Waals surface area contributed by atoms with Gasteiger partial charge in [0.2, 0.25) is 0 Å². The minimum atomic E-state index is -0.782. The predicted octanol–water partition coefficient (Wildman–Crippen LogP) is 25.2. The van der Waals surface area contributed by atoms with Gasteiger partial charge in [0.15, 0.2) is 6.10 Å². The highest BCUT2D eigenvalue weighted by molar-refractivity contribution is 5.71. The maximum atomic E-state index is 13.0. The minimum absolute atomic E-state index is 0.0752. The minimum Gasteiger partial charge on any atom is -0.462 e. The lowest BCUT2D eigenvalue weighted by atomic mass is 10.0. The molecule has 0 heterocycles. The molecule has 1 atom stereocenters. The molecule has 6 heteroatoms. The van der Waals surface area contributed by atoms with Crippen LogP contribution in [0.25, 0.3) is 0 Å². The molecule has 482 valence electrons. The number of hydrogen-bond acceptors (Lipinski definition) is 6. The Kier molecular flexibility index (Phi) is 68.6. The maximum Gasteiger partial charge on any atom is 0.306 e. The van der Waals surface area contributed by atoms with Crippen LogP contribution in [0.3, 0.4) is 0 Å². The summed E-state index contributed by atoms with van der Waals surface area (Å²) in [7, 11) is 0. The SMILES string of the molecule is CC/C=C\C/C=C\C/C=C\C/C=C\CCCCCCCCCCC(=O)OC(COC(=O)CCCCCCCCCCCCC/C=C\C/C=C\CCCCCCC)COC(=O)CCCCCCCCCCCCCCCCCCCCCCC. The van der Waals surface area contributed by atoms with Gasteiger partial charge >= 0.3 is 17.9 Å². The first-order chi connectivity index (χ1) is 41.0. The molecule has 0 radical (unpaired) electrons. The molecule has 0 aliphatic heterocycles. The second-order valence-electron chi connectivity index (χ2n) is 24.5. The lowest BCUT2D eigenvalue weighted by Crippen LogP contribution is -2.30. The zero-order valence-corrected chi connectivity index (χ0v) is 55.5. The molecule has 0 N–H and O–H groups in total. The van der Waals surface area contributed by atoms with Gasteiger partial charge in [-0.05, 0) is 89.9 Å². The molecule has 0 aliphatic rings. The van der Waals surface area contributed by atoms with Crippen LogP contribution in [-0.2, 0) is 28.6 Å². The van der Waals surface area contributed by atoms with E-state index in [1.807, 2.05) is 0 Å². The van der Waals surface area contributed by atoms with Crippen LogP contribution >= 0.6 is 0 Å². The molecule has 6 nitrogen and oxygen atoms in total. The van der Waals surface area contributed by atoms with E-state index in [-0.39, 0.29) is 31.1 Å². The Labute approximate surface area is 516 Å². The van der Waals surface area contributed by atoms with Crippen molar-refractivity contribution in [1.29, 1.82) is 0 Å². The summed E-state index contributed by atoms with van der Waals surface area (Å²) in [5, 5.41) is 0. The number of unbranched alkanes of at least 4 members (excludes halogenated alkanes) is 44. The van der Waals surface area contributed by atoms with Crippen molar-refractivity contribution in [2.24, 2.45) is 0 Å². The van der Waals surface area contributed by atoms with E-state index in [0.29, 0.717) is 19.3 Å². The zero-order valence-electron chi connectivity index (χ0n) is 55.5. The molecule has 0 spiro atoms. The van der Waals surface area contributed by atoms with Crippen LogP contribution in [0, 0.1) is 0 Å². The molecule has 1 unspecified atom stereocenters. The summed E-state index contributed by atoms with van der Waals surface area (Å²) in [6.07, 6.45) is 93.5. The zero-order chi connectivity index (χ0) is 59.9. The maximum absolute atomic E-state index is 13.0. The fraction of sp³-hybridized carbons (Fsp3) is 0.805. The van der Waals surface area contributed by atoms with Crippen LogP contribution in [0.2, 0.25) is 0 Å². The average molecular weight is 1160 g/mol. The van der Waals surface area contributed by atoms with Crippen molar-refractivity contribution in [3.8, 4) is 0 Å². The average Bonchev–Trinajstić information content (AvgIpc) is 3.49. The van der Waals surface area contributed by atoms with Gasteiger partial charge < -0.3 is 14.2 Å². The van der Waals surface area contributed by atoms with E-state index in [2.05, 4.69) is 93.7 Å². The molecule has 0 saturated heterocycles. The summed E-state index contributed by atoms with van der Waals surface area (Å²) in [6.45, 7) is 6.58. The Bertz CT molecular complexity index is 1520. The summed E-state index contributed by atoms with van der Waals surface area (Å²) in [6, 6.07) is 0.